The average Bonchev–Trinajstić information content (AvgIpc) is 2.91. The van der Waals surface area contributed by atoms with Gasteiger partial charge in [-0.1, -0.05) is 25.4 Å². The van der Waals surface area contributed by atoms with Crippen LogP contribution in [0.1, 0.15) is 30.6 Å². The smallest absolute Gasteiger partial charge is 0.251 e. The summed E-state index contributed by atoms with van der Waals surface area (Å²) in [6, 6.07) is 5.99. The van der Waals surface area contributed by atoms with Gasteiger partial charge in [0.1, 0.15) is 6.04 Å². The fourth-order valence-corrected chi connectivity index (χ4v) is 3.34. The van der Waals surface area contributed by atoms with Gasteiger partial charge in [0, 0.05) is 50.9 Å². The van der Waals surface area contributed by atoms with Crippen LogP contribution in [0.15, 0.2) is 24.3 Å². The van der Waals surface area contributed by atoms with Crippen LogP contribution in [-0.4, -0.2) is 85.3 Å². The van der Waals surface area contributed by atoms with Crippen LogP contribution in [0.3, 0.4) is 0 Å². The molecule has 29 heavy (non-hydrogen) atoms. The lowest BCUT2D eigenvalue weighted by molar-refractivity contribution is -0.134. The minimum absolute atomic E-state index is 0.0478. The Morgan fingerprint density at radius 2 is 1.72 bits per heavy atom. The van der Waals surface area contributed by atoms with Crippen LogP contribution in [-0.2, 0) is 9.59 Å². The van der Waals surface area contributed by atoms with Crippen molar-refractivity contribution in [3.05, 3.63) is 34.9 Å². The molecule has 1 aromatic carbocycles. The fraction of sp³-hybridized carbons (Fsp3) is 0.571. The molecule has 0 aromatic heterocycles. The third-order valence-electron chi connectivity index (χ3n) is 5.08. The molecule has 1 unspecified atom stereocenters. The van der Waals surface area contributed by atoms with E-state index in [0.29, 0.717) is 36.8 Å². The second-order valence-electron chi connectivity index (χ2n) is 7.95. The largest absolute Gasteiger partial charge is 0.348 e. The zero-order chi connectivity index (χ0) is 21.6. The van der Waals surface area contributed by atoms with Crippen LogP contribution < -0.4 is 5.32 Å². The molecule has 0 bridgehead atoms. The van der Waals surface area contributed by atoms with E-state index >= 15 is 0 Å². The molecular formula is C21H31ClN4O3. The number of benzene rings is 1. The topological polar surface area (TPSA) is 73.0 Å². The molecule has 1 aliphatic heterocycles. The molecule has 0 spiro atoms. The summed E-state index contributed by atoms with van der Waals surface area (Å²) >= 11 is 5.88. The quantitative estimate of drug-likeness (QED) is 0.757. The molecule has 1 atom stereocenters. The molecular weight excluding hydrogens is 392 g/mol. The fourth-order valence-electron chi connectivity index (χ4n) is 3.22. The van der Waals surface area contributed by atoms with Gasteiger partial charge < -0.3 is 15.1 Å². The Hall–Kier alpha value is -2.12. The van der Waals surface area contributed by atoms with Crippen molar-refractivity contribution in [1.82, 2.24) is 20.0 Å². The van der Waals surface area contributed by atoms with Crippen LogP contribution in [0, 0.1) is 5.92 Å². The number of likely N-dealkylation sites (N-methyl/N-ethyl adjacent to an activating group) is 1. The van der Waals surface area contributed by atoms with Gasteiger partial charge in [0.15, 0.2) is 0 Å². The summed E-state index contributed by atoms with van der Waals surface area (Å²) in [7, 11) is 3.49. The van der Waals surface area contributed by atoms with Crippen molar-refractivity contribution in [2.24, 2.45) is 5.92 Å². The summed E-state index contributed by atoms with van der Waals surface area (Å²) in [4.78, 5) is 43.1. The third-order valence-corrected chi connectivity index (χ3v) is 5.34. The Bertz CT molecular complexity index is 721. The van der Waals surface area contributed by atoms with Crippen molar-refractivity contribution in [3.8, 4) is 0 Å². The van der Waals surface area contributed by atoms with Gasteiger partial charge in [-0.05, 0) is 36.6 Å². The second kappa shape index (κ2) is 10.6. The van der Waals surface area contributed by atoms with E-state index in [1.54, 1.807) is 48.2 Å². The number of hydrogen-bond acceptors (Lipinski definition) is 4. The van der Waals surface area contributed by atoms with E-state index in [2.05, 4.69) is 10.2 Å². The lowest BCUT2D eigenvalue weighted by atomic mass is 10.0. The zero-order valence-corrected chi connectivity index (χ0v) is 18.4. The maximum absolute atomic E-state index is 13.1. The van der Waals surface area contributed by atoms with Crippen molar-refractivity contribution < 1.29 is 14.4 Å². The first kappa shape index (κ1) is 23.2. The first-order chi connectivity index (χ1) is 13.7. The Kier molecular flexibility index (Phi) is 8.46. The maximum Gasteiger partial charge on any atom is 0.251 e. The van der Waals surface area contributed by atoms with E-state index in [-0.39, 0.29) is 23.6 Å². The summed E-state index contributed by atoms with van der Waals surface area (Å²) in [5.41, 5.74) is 0.470. The van der Waals surface area contributed by atoms with Gasteiger partial charge in [-0.15, -0.1) is 0 Å². The van der Waals surface area contributed by atoms with Crippen LogP contribution in [0.25, 0.3) is 0 Å². The molecule has 1 N–H and O–H groups in total. The molecule has 2 rings (SSSR count). The first-order valence-electron chi connectivity index (χ1n) is 9.96. The van der Waals surface area contributed by atoms with Crippen molar-refractivity contribution in [2.45, 2.75) is 26.3 Å². The van der Waals surface area contributed by atoms with Gasteiger partial charge in [-0.3, -0.25) is 19.3 Å². The lowest BCUT2D eigenvalue weighted by Crippen LogP contribution is -2.52. The standard InChI is InChI=1S/C21H31ClN4O3/c1-15(2)19(23-20(28)16-6-8-17(22)9-7-16)21(29)26-11-5-10-25(12-13-26)14-18(27)24(3)4/h6-9,15,19H,5,10-14H2,1-4H3,(H,23,28). The number of rotatable bonds is 6. The number of amides is 3. The van der Waals surface area contributed by atoms with Crippen molar-refractivity contribution in [1.29, 1.82) is 0 Å². The van der Waals surface area contributed by atoms with Crippen LogP contribution in [0.2, 0.25) is 5.02 Å². The number of carbonyl (C=O) groups excluding carboxylic acids is 3. The Morgan fingerprint density at radius 3 is 2.31 bits per heavy atom. The Balaban J connectivity index is 2.00. The van der Waals surface area contributed by atoms with E-state index < -0.39 is 6.04 Å². The molecule has 1 heterocycles. The molecule has 1 saturated heterocycles. The van der Waals surface area contributed by atoms with Crippen molar-refractivity contribution in [2.75, 3.05) is 46.8 Å². The van der Waals surface area contributed by atoms with E-state index in [0.717, 1.165) is 13.0 Å². The van der Waals surface area contributed by atoms with Gasteiger partial charge in [0.2, 0.25) is 11.8 Å². The van der Waals surface area contributed by atoms with Crippen molar-refractivity contribution in [3.63, 3.8) is 0 Å². The predicted octanol–water partition coefficient (Wildman–Crippen LogP) is 1.72. The highest BCUT2D eigenvalue weighted by Gasteiger charge is 2.30. The van der Waals surface area contributed by atoms with Gasteiger partial charge in [-0.2, -0.15) is 0 Å². The van der Waals surface area contributed by atoms with Crippen molar-refractivity contribution >= 4 is 29.3 Å². The number of halogens is 1. The summed E-state index contributed by atoms with van der Waals surface area (Å²) in [6.45, 7) is 6.77. The molecule has 7 nitrogen and oxygen atoms in total. The number of carbonyl (C=O) groups is 3. The van der Waals surface area contributed by atoms with E-state index in [1.165, 1.54) is 0 Å². The molecule has 0 radical (unpaired) electrons. The van der Waals surface area contributed by atoms with Crippen LogP contribution >= 0.6 is 11.6 Å². The second-order valence-corrected chi connectivity index (χ2v) is 8.38. The maximum atomic E-state index is 13.1. The van der Waals surface area contributed by atoms with Gasteiger partial charge in [-0.25, -0.2) is 0 Å². The SMILES string of the molecule is CC(C)C(NC(=O)c1ccc(Cl)cc1)C(=O)N1CCCN(CC(=O)N(C)C)CC1. The number of nitrogens with zero attached hydrogens (tertiary/aromatic N) is 3. The number of hydrogen-bond donors (Lipinski definition) is 1. The summed E-state index contributed by atoms with van der Waals surface area (Å²) in [5, 5.41) is 3.44. The summed E-state index contributed by atoms with van der Waals surface area (Å²) in [5.74, 6) is -0.363. The minimum atomic E-state index is -0.604. The Morgan fingerprint density at radius 1 is 1.07 bits per heavy atom. The number of nitrogens with one attached hydrogen (secondary N) is 1. The monoisotopic (exact) mass is 422 g/mol. The molecule has 0 aliphatic carbocycles. The highest BCUT2D eigenvalue weighted by Crippen LogP contribution is 2.13. The average molecular weight is 423 g/mol. The van der Waals surface area contributed by atoms with E-state index in [4.69, 9.17) is 11.6 Å². The molecule has 1 aromatic rings. The minimum Gasteiger partial charge on any atom is -0.348 e. The molecule has 8 heteroatoms. The van der Waals surface area contributed by atoms with E-state index in [1.807, 2.05) is 13.8 Å². The van der Waals surface area contributed by atoms with E-state index in [9.17, 15) is 14.4 Å². The van der Waals surface area contributed by atoms with Gasteiger partial charge in [0.25, 0.3) is 5.91 Å². The van der Waals surface area contributed by atoms with Crippen LogP contribution in [0.4, 0.5) is 0 Å². The predicted molar refractivity (Wildman–Crippen MR) is 114 cm³/mol. The third kappa shape index (κ3) is 6.72. The van der Waals surface area contributed by atoms with Gasteiger partial charge in [0.05, 0.1) is 6.54 Å². The highest BCUT2D eigenvalue weighted by molar-refractivity contribution is 6.30. The lowest BCUT2D eigenvalue weighted by Gasteiger charge is -2.29. The summed E-state index contributed by atoms with van der Waals surface area (Å²) in [6.07, 6.45) is 0.794. The zero-order valence-electron chi connectivity index (χ0n) is 17.7. The first-order valence-corrected chi connectivity index (χ1v) is 10.3. The van der Waals surface area contributed by atoms with Crippen LogP contribution in [0.5, 0.6) is 0 Å². The molecule has 160 valence electrons. The highest BCUT2D eigenvalue weighted by atomic mass is 35.5. The summed E-state index contributed by atoms with van der Waals surface area (Å²) < 4.78 is 0. The molecule has 1 fully saturated rings. The Labute approximate surface area is 178 Å². The van der Waals surface area contributed by atoms with Gasteiger partial charge >= 0.3 is 0 Å². The molecule has 0 saturated carbocycles. The molecule has 3 amide bonds. The molecule has 1 aliphatic rings. The normalized spacial score (nSPS) is 16.3.